The summed E-state index contributed by atoms with van der Waals surface area (Å²) in [4.78, 5) is 29.2. The highest BCUT2D eigenvalue weighted by Gasteiger charge is 2.29. The number of esters is 1. The van der Waals surface area contributed by atoms with E-state index >= 15 is 0 Å². The first-order valence-corrected chi connectivity index (χ1v) is 9.59. The average molecular weight is 398 g/mol. The number of rotatable bonds is 5. The lowest BCUT2D eigenvalue weighted by Gasteiger charge is -2.24. The minimum Gasteiger partial charge on any atom is -0.485 e. The molecule has 0 unspecified atom stereocenters. The van der Waals surface area contributed by atoms with Gasteiger partial charge in [0.15, 0.2) is 23.2 Å². The van der Waals surface area contributed by atoms with Gasteiger partial charge in [0, 0.05) is 28.5 Å². The minimum atomic E-state index is -0.898. The van der Waals surface area contributed by atoms with Crippen molar-refractivity contribution in [3.63, 3.8) is 0 Å². The fraction of sp³-hybridized carbons (Fsp3) is 0.250. The van der Waals surface area contributed by atoms with Crippen molar-refractivity contribution >= 4 is 23.1 Å². The van der Waals surface area contributed by atoms with Gasteiger partial charge in [-0.15, -0.1) is 11.3 Å². The van der Waals surface area contributed by atoms with Crippen molar-refractivity contribution in [3.05, 3.63) is 58.9 Å². The molecule has 2 aromatic heterocycles. The normalized spacial score (nSPS) is 15.3. The summed E-state index contributed by atoms with van der Waals surface area (Å²) >= 11 is 1.49. The van der Waals surface area contributed by atoms with E-state index in [0.717, 1.165) is 16.5 Å². The fourth-order valence-corrected chi connectivity index (χ4v) is 3.86. The van der Waals surface area contributed by atoms with Gasteiger partial charge >= 0.3 is 5.97 Å². The van der Waals surface area contributed by atoms with E-state index in [2.05, 4.69) is 4.98 Å². The molecule has 144 valence electrons. The number of hydrogen-bond donors (Lipinski definition) is 0. The molecule has 28 heavy (non-hydrogen) atoms. The molecule has 1 aliphatic heterocycles. The third-order valence-electron chi connectivity index (χ3n) is 4.46. The number of ketones is 1. The Morgan fingerprint density at radius 3 is 2.82 bits per heavy atom. The lowest BCUT2D eigenvalue weighted by atomic mass is 10.1. The molecule has 1 atom stereocenters. The van der Waals surface area contributed by atoms with Crippen molar-refractivity contribution in [1.29, 1.82) is 0 Å². The van der Waals surface area contributed by atoms with Gasteiger partial charge in [-0.3, -0.25) is 9.36 Å². The monoisotopic (exact) mass is 398 g/mol. The smallest absolute Gasteiger partial charge is 0.351 e. The largest absolute Gasteiger partial charge is 0.485 e. The summed E-state index contributed by atoms with van der Waals surface area (Å²) in [6.45, 7) is 3.44. The number of aromatic nitrogens is 2. The van der Waals surface area contributed by atoms with Crippen LogP contribution in [0.3, 0.4) is 0 Å². The van der Waals surface area contributed by atoms with Gasteiger partial charge in [0.25, 0.3) is 0 Å². The number of carbonyl (C=O) groups is 2. The van der Waals surface area contributed by atoms with Crippen molar-refractivity contribution < 1.29 is 23.8 Å². The van der Waals surface area contributed by atoms with Crippen LogP contribution in [0.4, 0.5) is 0 Å². The van der Waals surface area contributed by atoms with Crippen LogP contribution in [-0.4, -0.2) is 40.6 Å². The maximum absolute atomic E-state index is 12.6. The number of aryl methyl sites for hydroxylation is 1. The van der Waals surface area contributed by atoms with Crippen LogP contribution in [0.15, 0.2) is 41.9 Å². The van der Waals surface area contributed by atoms with E-state index in [1.807, 2.05) is 29.9 Å². The highest BCUT2D eigenvalue weighted by atomic mass is 32.1. The highest BCUT2D eigenvalue weighted by Crippen LogP contribution is 2.31. The van der Waals surface area contributed by atoms with Gasteiger partial charge in [-0.2, -0.15) is 0 Å². The third kappa shape index (κ3) is 3.38. The first-order chi connectivity index (χ1) is 13.5. The van der Waals surface area contributed by atoms with Gasteiger partial charge in [-0.1, -0.05) is 12.1 Å². The predicted molar refractivity (Wildman–Crippen MR) is 103 cm³/mol. The van der Waals surface area contributed by atoms with Gasteiger partial charge in [0.1, 0.15) is 6.61 Å². The summed E-state index contributed by atoms with van der Waals surface area (Å²) in [7, 11) is 0. The van der Waals surface area contributed by atoms with Gasteiger partial charge in [-0.25, -0.2) is 9.78 Å². The van der Waals surface area contributed by atoms with Gasteiger partial charge < -0.3 is 14.2 Å². The maximum Gasteiger partial charge on any atom is 0.351 e. The highest BCUT2D eigenvalue weighted by molar-refractivity contribution is 7.12. The second-order valence-corrected chi connectivity index (χ2v) is 7.20. The Morgan fingerprint density at radius 2 is 2.07 bits per heavy atom. The van der Waals surface area contributed by atoms with Crippen molar-refractivity contribution in [3.8, 4) is 16.6 Å². The van der Waals surface area contributed by atoms with Crippen molar-refractivity contribution in [2.45, 2.75) is 20.0 Å². The standard InChI is InChI=1S/C20H18N2O5S/c1-12-9-14(13(2)22(12)20-21-7-8-28-20)15(23)10-26-19(24)18-11-25-16-5-3-4-6-17(16)27-18/h3-9,18H,10-11H2,1-2H3/t18-/m0/s1. The van der Waals surface area contributed by atoms with E-state index in [1.54, 1.807) is 30.5 Å². The predicted octanol–water partition coefficient (Wildman–Crippen LogP) is 3.12. The molecule has 3 heterocycles. The Balaban J connectivity index is 1.41. The van der Waals surface area contributed by atoms with Gasteiger partial charge in [-0.05, 0) is 32.0 Å². The van der Waals surface area contributed by atoms with Crippen LogP contribution in [0, 0.1) is 13.8 Å². The Kier molecular flexibility index (Phi) is 4.87. The van der Waals surface area contributed by atoms with Gasteiger partial charge in [0.2, 0.25) is 11.9 Å². The van der Waals surface area contributed by atoms with Crippen LogP contribution >= 0.6 is 11.3 Å². The molecule has 1 aliphatic rings. The number of hydrogen-bond acceptors (Lipinski definition) is 7. The van der Waals surface area contributed by atoms with E-state index in [1.165, 1.54) is 11.3 Å². The van der Waals surface area contributed by atoms with E-state index in [4.69, 9.17) is 14.2 Å². The molecular formula is C20H18N2O5S. The molecule has 0 saturated carbocycles. The number of nitrogens with zero attached hydrogens (tertiary/aromatic N) is 2. The molecule has 0 fully saturated rings. The molecule has 0 radical (unpaired) electrons. The molecule has 0 amide bonds. The zero-order valence-electron chi connectivity index (χ0n) is 15.4. The topological polar surface area (TPSA) is 79.7 Å². The first kappa shape index (κ1) is 18.2. The summed E-state index contributed by atoms with van der Waals surface area (Å²) in [5.74, 6) is 0.157. The zero-order chi connectivity index (χ0) is 19.7. The van der Waals surface area contributed by atoms with E-state index in [0.29, 0.717) is 17.1 Å². The Labute approximate surface area is 165 Å². The third-order valence-corrected chi connectivity index (χ3v) is 5.22. The van der Waals surface area contributed by atoms with Crippen LogP contribution in [0.2, 0.25) is 0 Å². The molecule has 1 aromatic carbocycles. The molecule has 0 bridgehead atoms. The summed E-state index contributed by atoms with van der Waals surface area (Å²) < 4.78 is 18.2. The Hall–Kier alpha value is -3.13. The lowest BCUT2D eigenvalue weighted by molar-refractivity contribution is -0.153. The second kappa shape index (κ2) is 7.47. The maximum atomic E-state index is 12.6. The number of benzene rings is 1. The molecule has 4 rings (SSSR count). The molecule has 7 nitrogen and oxygen atoms in total. The van der Waals surface area contributed by atoms with Crippen molar-refractivity contribution in [2.24, 2.45) is 0 Å². The van der Waals surface area contributed by atoms with E-state index < -0.39 is 12.1 Å². The van der Waals surface area contributed by atoms with Crippen LogP contribution < -0.4 is 9.47 Å². The molecule has 3 aromatic rings. The number of carbonyl (C=O) groups excluding carboxylic acids is 2. The van der Waals surface area contributed by atoms with Crippen LogP contribution in [0.25, 0.3) is 5.13 Å². The molecule has 0 spiro atoms. The average Bonchev–Trinajstić information content (AvgIpc) is 3.33. The summed E-state index contributed by atoms with van der Waals surface area (Å²) in [5.41, 5.74) is 2.16. The SMILES string of the molecule is Cc1cc(C(=O)COC(=O)[C@@H]2COc3ccccc3O2)c(C)n1-c1nccs1. The Morgan fingerprint density at radius 1 is 1.29 bits per heavy atom. The van der Waals surface area contributed by atoms with Crippen LogP contribution in [-0.2, 0) is 9.53 Å². The van der Waals surface area contributed by atoms with E-state index in [9.17, 15) is 9.59 Å². The number of para-hydroxylation sites is 2. The summed E-state index contributed by atoms with van der Waals surface area (Å²) in [6.07, 6.45) is 0.817. The van der Waals surface area contributed by atoms with Crippen molar-refractivity contribution in [2.75, 3.05) is 13.2 Å². The van der Waals surface area contributed by atoms with Crippen molar-refractivity contribution in [1.82, 2.24) is 9.55 Å². The van der Waals surface area contributed by atoms with Crippen LogP contribution in [0.1, 0.15) is 21.7 Å². The summed E-state index contributed by atoms with van der Waals surface area (Å²) in [6, 6.07) is 8.87. The molecule has 8 heteroatoms. The fourth-order valence-electron chi connectivity index (χ4n) is 3.11. The van der Waals surface area contributed by atoms with E-state index in [-0.39, 0.29) is 19.0 Å². The van der Waals surface area contributed by atoms with Gasteiger partial charge in [0.05, 0.1) is 0 Å². The van der Waals surface area contributed by atoms with Crippen LogP contribution in [0.5, 0.6) is 11.5 Å². The lowest BCUT2D eigenvalue weighted by Crippen LogP contribution is -2.38. The minimum absolute atomic E-state index is 0.0442. The molecule has 0 saturated heterocycles. The number of fused-ring (bicyclic) bond motifs is 1. The first-order valence-electron chi connectivity index (χ1n) is 8.71. The quantitative estimate of drug-likeness (QED) is 0.485. The second-order valence-electron chi connectivity index (χ2n) is 6.33. The Bertz CT molecular complexity index is 1030. The molecule has 0 N–H and O–H groups in total. The molecular weight excluding hydrogens is 380 g/mol. The molecule has 0 aliphatic carbocycles. The number of thiazole rings is 1. The zero-order valence-corrected chi connectivity index (χ0v) is 16.2. The summed E-state index contributed by atoms with van der Waals surface area (Å²) in [5, 5.41) is 2.67. The number of ether oxygens (including phenoxy) is 3. The number of Topliss-reactive ketones (excluding diaryl/α,β-unsaturated/α-hetero) is 1.